The van der Waals surface area contributed by atoms with Crippen LogP contribution in [0.4, 0.5) is 13.2 Å². The molecule has 0 amide bonds. The van der Waals surface area contributed by atoms with E-state index >= 15 is 0 Å². The average Bonchev–Trinajstić information content (AvgIpc) is 3.00. The van der Waals surface area contributed by atoms with Crippen molar-refractivity contribution in [3.63, 3.8) is 0 Å². The zero-order chi connectivity index (χ0) is 19.5. The lowest BCUT2D eigenvalue weighted by molar-refractivity contribution is -0.142. The number of halogens is 3. The summed E-state index contributed by atoms with van der Waals surface area (Å²) in [5.74, 6) is -4.73. The molecule has 1 heterocycles. The number of furan rings is 1. The van der Waals surface area contributed by atoms with Crippen molar-refractivity contribution >= 4 is 19.4 Å². The Balaban J connectivity index is 1.98. The molecule has 0 saturated carbocycles. The molecule has 2 aromatic rings. The highest BCUT2D eigenvalue weighted by Gasteiger charge is 2.24. The molecule has 0 aliphatic carbocycles. The van der Waals surface area contributed by atoms with Crippen LogP contribution >= 0.6 is 0 Å². The second-order valence-electron chi connectivity index (χ2n) is 7.56. The van der Waals surface area contributed by atoms with Gasteiger partial charge in [0.1, 0.15) is 13.9 Å². The van der Waals surface area contributed by atoms with Crippen molar-refractivity contribution in [3.8, 4) is 0 Å². The van der Waals surface area contributed by atoms with E-state index in [1.165, 1.54) is 0 Å². The van der Waals surface area contributed by atoms with E-state index in [9.17, 15) is 23.1 Å². The molecule has 142 valence electrons. The number of carbonyl (C=O) groups is 1. The Morgan fingerprint density at radius 2 is 1.77 bits per heavy atom. The molecule has 0 spiro atoms. The zero-order valence-electron chi connectivity index (χ0n) is 15.1. The number of carboxylic acids is 1. The molecule has 0 aliphatic rings. The quantitative estimate of drug-likeness (QED) is 0.538. The fourth-order valence-corrected chi connectivity index (χ4v) is 3.80. The Kier molecular flexibility index (Phi) is 6.33. The highest BCUT2D eigenvalue weighted by molar-refractivity contribution is 6.87. The van der Waals surface area contributed by atoms with Crippen LogP contribution in [0.1, 0.15) is 24.0 Å². The lowest BCUT2D eigenvalue weighted by Gasteiger charge is -2.12. The van der Waals surface area contributed by atoms with Gasteiger partial charge in [0, 0.05) is 6.07 Å². The maximum Gasteiger partial charge on any atom is 0.306 e. The van der Waals surface area contributed by atoms with E-state index in [4.69, 9.17) is 4.42 Å². The molecule has 0 bridgehead atoms. The van der Waals surface area contributed by atoms with Gasteiger partial charge >= 0.3 is 5.97 Å². The summed E-state index contributed by atoms with van der Waals surface area (Å²) in [5, 5.41) is 10.3. The van der Waals surface area contributed by atoms with E-state index in [1.54, 1.807) is 6.26 Å². The lowest BCUT2D eigenvalue weighted by atomic mass is 9.94. The number of aryl methyl sites for hydroxylation is 1. The molecule has 0 fully saturated rings. The first-order chi connectivity index (χ1) is 12.1. The maximum absolute atomic E-state index is 13.6. The van der Waals surface area contributed by atoms with Gasteiger partial charge in [-0.15, -0.1) is 0 Å². The molecular formula is C19H23F3O3Si. The molecule has 0 aliphatic heterocycles. The first kappa shape index (κ1) is 20.3. The predicted molar refractivity (Wildman–Crippen MR) is 95.8 cm³/mol. The van der Waals surface area contributed by atoms with Crippen molar-refractivity contribution in [2.75, 3.05) is 0 Å². The molecule has 7 heteroatoms. The van der Waals surface area contributed by atoms with Crippen molar-refractivity contribution < 1.29 is 27.5 Å². The summed E-state index contributed by atoms with van der Waals surface area (Å²) in [7, 11) is -1.60. The molecule has 1 N–H and O–H groups in total. The lowest BCUT2D eigenvalue weighted by Crippen LogP contribution is -2.36. The summed E-state index contributed by atoms with van der Waals surface area (Å²) in [6, 6.07) is 3.26. The Bertz CT molecular complexity index is 781. The van der Waals surface area contributed by atoms with Gasteiger partial charge in [-0.25, -0.2) is 13.2 Å². The fraction of sp³-hybridized carbons (Fsp3) is 0.421. The van der Waals surface area contributed by atoms with Crippen molar-refractivity contribution in [2.45, 2.75) is 45.3 Å². The molecular weight excluding hydrogens is 361 g/mol. The smallest absolute Gasteiger partial charge is 0.306 e. The molecule has 26 heavy (non-hydrogen) atoms. The number of benzene rings is 1. The fourth-order valence-electron chi connectivity index (χ4n) is 2.77. The standard InChI is InChI=1S/C19H23F3O3Si/c1-26(2,3)18-8-12(11-25-18)7-14(19(23)24)6-4-5-13-9-16(21)17(22)10-15(13)20/h8-11,14H,4-7H2,1-3H3,(H,23,24). The number of rotatable bonds is 8. The number of hydrogen-bond acceptors (Lipinski definition) is 2. The zero-order valence-corrected chi connectivity index (χ0v) is 16.1. The summed E-state index contributed by atoms with van der Waals surface area (Å²) >= 11 is 0. The second kappa shape index (κ2) is 8.12. The van der Waals surface area contributed by atoms with Crippen LogP contribution < -0.4 is 5.38 Å². The van der Waals surface area contributed by atoms with Gasteiger partial charge in [-0.3, -0.25) is 4.79 Å². The van der Waals surface area contributed by atoms with E-state index in [-0.39, 0.29) is 12.0 Å². The molecule has 1 atom stereocenters. The van der Waals surface area contributed by atoms with Gasteiger partial charge in [-0.1, -0.05) is 19.6 Å². The minimum absolute atomic E-state index is 0.0531. The number of hydrogen-bond donors (Lipinski definition) is 1. The number of aliphatic carboxylic acids is 1. The third-order valence-corrected chi connectivity index (χ3v) is 6.05. The third kappa shape index (κ3) is 5.24. The van der Waals surface area contributed by atoms with Crippen LogP contribution in [0.15, 0.2) is 28.9 Å². The minimum Gasteiger partial charge on any atom is -0.481 e. The van der Waals surface area contributed by atoms with Crippen LogP contribution in [-0.2, 0) is 17.6 Å². The van der Waals surface area contributed by atoms with Gasteiger partial charge in [0.15, 0.2) is 11.6 Å². The van der Waals surface area contributed by atoms with Crippen molar-refractivity contribution in [1.29, 1.82) is 0 Å². The van der Waals surface area contributed by atoms with Gasteiger partial charge in [0.2, 0.25) is 0 Å². The highest BCUT2D eigenvalue weighted by atomic mass is 28.3. The van der Waals surface area contributed by atoms with Gasteiger partial charge in [-0.05, 0) is 48.9 Å². The van der Waals surface area contributed by atoms with Gasteiger partial charge in [-0.2, -0.15) is 0 Å². The first-order valence-electron chi connectivity index (χ1n) is 8.52. The van der Waals surface area contributed by atoms with Gasteiger partial charge in [0.05, 0.1) is 17.6 Å². The van der Waals surface area contributed by atoms with Crippen molar-refractivity contribution in [3.05, 3.63) is 53.0 Å². The van der Waals surface area contributed by atoms with Crippen LogP contribution in [0.5, 0.6) is 0 Å². The second-order valence-corrected chi connectivity index (χ2v) is 12.6. The largest absolute Gasteiger partial charge is 0.481 e. The molecule has 0 saturated heterocycles. The summed E-state index contributed by atoms with van der Waals surface area (Å²) in [4.78, 5) is 11.5. The van der Waals surface area contributed by atoms with E-state index in [0.717, 1.165) is 17.0 Å². The topological polar surface area (TPSA) is 50.4 Å². The monoisotopic (exact) mass is 384 g/mol. The van der Waals surface area contributed by atoms with Gasteiger partial charge in [0.25, 0.3) is 0 Å². The summed E-state index contributed by atoms with van der Waals surface area (Å²) in [6.07, 6.45) is 2.74. The SMILES string of the molecule is C[Si](C)(C)c1cc(CC(CCCc2cc(F)c(F)cc2F)C(=O)O)co1. The van der Waals surface area contributed by atoms with Crippen LogP contribution in [-0.4, -0.2) is 19.1 Å². The number of carboxylic acid groups (broad SMARTS) is 1. The van der Waals surface area contributed by atoms with Crippen LogP contribution in [0.25, 0.3) is 0 Å². The van der Waals surface area contributed by atoms with E-state index in [0.29, 0.717) is 25.3 Å². The van der Waals surface area contributed by atoms with E-state index < -0.39 is 37.4 Å². The molecule has 1 aromatic heterocycles. The summed E-state index contributed by atoms with van der Waals surface area (Å²) < 4.78 is 45.4. The van der Waals surface area contributed by atoms with E-state index in [2.05, 4.69) is 19.6 Å². The van der Waals surface area contributed by atoms with Crippen LogP contribution in [0, 0.1) is 23.4 Å². The summed E-state index contributed by atoms with van der Waals surface area (Å²) in [5.41, 5.74) is 0.881. The minimum atomic E-state index is -1.60. The van der Waals surface area contributed by atoms with Crippen molar-refractivity contribution in [2.24, 2.45) is 5.92 Å². The predicted octanol–water partition coefficient (Wildman–Crippen LogP) is 4.51. The normalized spacial score (nSPS) is 13.0. The Morgan fingerprint density at radius 1 is 1.12 bits per heavy atom. The Labute approximate surface area is 151 Å². The van der Waals surface area contributed by atoms with Gasteiger partial charge < -0.3 is 9.52 Å². The molecule has 1 aromatic carbocycles. The summed E-state index contributed by atoms with van der Waals surface area (Å²) in [6.45, 7) is 6.42. The first-order valence-corrected chi connectivity index (χ1v) is 12.0. The third-order valence-electron chi connectivity index (χ3n) is 4.31. The van der Waals surface area contributed by atoms with E-state index in [1.807, 2.05) is 6.07 Å². The van der Waals surface area contributed by atoms with Crippen molar-refractivity contribution in [1.82, 2.24) is 0 Å². The van der Waals surface area contributed by atoms with Crippen LogP contribution in [0.3, 0.4) is 0 Å². The highest BCUT2D eigenvalue weighted by Crippen LogP contribution is 2.20. The maximum atomic E-state index is 13.6. The molecule has 1 unspecified atom stereocenters. The Hall–Kier alpha value is -2.02. The molecule has 0 radical (unpaired) electrons. The molecule has 3 nitrogen and oxygen atoms in total. The van der Waals surface area contributed by atoms with Crippen LogP contribution in [0.2, 0.25) is 19.6 Å². The molecule has 2 rings (SSSR count). The average molecular weight is 384 g/mol. The Morgan fingerprint density at radius 3 is 2.35 bits per heavy atom.